The summed E-state index contributed by atoms with van der Waals surface area (Å²) in [7, 11) is 1.61. The van der Waals surface area contributed by atoms with E-state index in [-0.39, 0.29) is 30.6 Å². The molecule has 0 aromatic heterocycles. The molecule has 1 aliphatic heterocycles. The van der Waals surface area contributed by atoms with Gasteiger partial charge in [0.25, 0.3) is 0 Å². The molecule has 126 valence electrons. The van der Waals surface area contributed by atoms with Gasteiger partial charge in [-0.05, 0) is 30.0 Å². The molecular formula is C16H26Cl2N2O2. The molecule has 1 saturated heterocycles. The summed E-state index contributed by atoms with van der Waals surface area (Å²) in [5, 5.41) is 13.2. The number of phenols is 1. The van der Waals surface area contributed by atoms with E-state index < -0.39 is 0 Å². The average Bonchev–Trinajstić information content (AvgIpc) is 3.30. The van der Waals surface area contributed by atoms with Crippen LogP contribution in [0, 0.1) is 5.92 Å². The van der Waals surface area contributed by atoms with Crippen molar-refractivity contribution in [1.29, 1.82) is 0 Å². The largest absolute Gasteiger partial charge is 0.504 e. The lowest BCUT2D eigenvalue weighted by Crippen LogP contribution is -2.45. The number of hydrogen-bond donors (Lipinski definition) is 2. The third-order valence-electron chi connectivity index (χ3n) is 4.43. The van der Waals surface area contributed by atoms with Crippen LogP contribution in [-0.4, -0.2) is 43.3 Å². The van der Waals surface area contributed by atoms with Gasteiger partial charge in [-0.25, -0.2) is 0 Å². The lowest BCUT2D eigenvalue weighted by atomic mass is 9.98. The molecule has 22 heavy (non-hydrogen) atoms. The van der Waals surface area contributed by atoms with Gasteiger partial charge in [0.2, 0.25) is 0 Å². The number of nitrogens with zero attached hydrogens (tertiary/aromatic N) is 1. The zero-order chi connectivity index (χ0) is 13.9. The van der Waals surface area contributed by atoms with Crippen molar-refractivity contribution in [3.63, 3.8) is 0 Å². The van der Waals surface area contributed by atoms with Gasteiger partial charge in [-0.1, -0.05) is 18.9 Å². The highest BCUT2D eigenvalue weighted by Crippen LogP contribution is 2.41. The van der Waals surface area contributed by atoms with E-state index in [0.717, 1.165) is 32.1 Å². The highest BCUT2D eigenvalue weighted by molar-refractivity contribution is 5.85. The standard InChI is InChI=1S/C16H24N2O2.2ClH/c1-20-16-11-13(4-5-15(16)19)14(10-12-2-3-12)18-8-6-17-7-9-18;;/h4-5,11-12,14,17,19H,2-3,6-10H2,1H3;2*1H/t14-;;/m0../s1. The fourth-order valence-corrected chi connectivity index (χ4v) is 3.06. The van der Waals surface area contributed by atoms with Crippen molar-refractivity contribution < 1.29 is 9.84 Å². The molecule has 4 nitrogen and oxygen atoms in total. The van der Waals surface area contributed by atoms with Crippen molar-refractivity contribution in [1.82, 2.24) is 10.2 Å². The maximum Gasteiger partial charge on any atom is 0.160 e. The number of hydrogen-bond acceptors (Lipinski definition) is 4. The molecule has 1 saturated carbocycles. The van der Waals surface area contributed by atoms with Gasteiger partial charge in [-0.2, -0.15) is 0 Å². The quantitative estimate of drug-likeness (QED) is 0.858. The fraction of sp³-hybridized carbons (Fsp3) is 0.625. The summed E-state index contributed by atoms with van der Waals surface area (Å²) in [6.45, 7) is 4.33. The van der Waals surface area contributed by atoms with Crippen molar-refractivity contribution in [2.75, 3.05) is 33.3 Å². The Labute approximate surface area is 145 Å². The van der Waals surface area contributed by atoms with Crippen molar-refractivity contribution in [3.8, 4) is 11.5 Å². The van der Waals surface area contributed by atoms with Crippen molar-refractivity contribution in [2.24, 2.45) is 5.92 Å². The van der Waals surface area contributed by atoms with E-state index in [1.165, 1.54) is 24.8 Å². The summed E-state index contributed by atoms with van der Waals surface area (Å²) in [4.78, 5) is 2.57. The van der Waals surface area contributed by atoms with E-state index in [1.807, 2.05) is 12.1 Å². The number of halogens is 2. The second-order valence-corrected chi connectivity index (χ2v) is 5.91. The van der Waals surface area contributed by atoms with Crippen molar-refractivity contribution >= 4 is 24.8 Å². The second kappa shape index (κ2) is 8.82. The van der Waals surface area contributed by atoms with Gasteiger partial charge >= 0.3 is 0 Å². The molecule has 1 aliphatic carbocycles. The number of piperazine rings is 1. The van der Waals surface area contributed by atoms with Crippen LogP contribution < -0.4 is 10.1 Å². The smallest absolute Gasteiger partial charge is 0.160 e. The molecule has 2 fully saturated rings. The predicted octanol–water partition coefficient (Wildman–Crippen LogP) is 2.99. The Morgan fingerprint density at radius 3 is 2.55 bits per heavy atom. The minimum atomic E-state index is 0. The fourth-order valence-electron chi connectivity index (χ4n) is 3.06. The third kappa shape index (κ3) is 4.66. The van der Waals surface area contributed by atoms with E-state index in [4.69, 9.17) is 4.74 Å². The summed E-state index contributed by atoms with van der Waals surface area (Å²) in [5.74, 6) is 1.69. The number of benzene rings is 1. The summed E-state index contributed by atoms with van der Waals surface area (Å²) >= 11 is 0. The predicted molar refractivity (Wildman–Crippen MR) is 93.7 cm³/mol. The first-order valence-corrected chi connectivity index (χ1v) is 7.59. The summed E-state index contributed by atoms with van der Waals surface area (Å²) in [6, 6.07) is 6.27. The zero-order valence-corrected chi connectivity index (χ0v) is 14.6. The van der Waals surface area contributed by atoms with Crippen molar-refractivity contribution in [3.05, 3.63) is 23.8 Å². The monoisotopic (exact) mass is 348 g/mol. The first kappa shape index (κ1) is 19.4. The molecular weight excluding hydrogens is 323 g/mol. The Kier molecular flexibility index (Phi) is 7.77. The first-order valence-electron chi connectivity index (χ1n) is 7.59. The van der Waals surface area contributed by atoms with Gasteiger partial charge in [-0.15, -0.1) is 24.8 Å². The lowest BCUT2D eigenvalue weighted by molar-refractivity contribution is 0.160. The first-order chi connectivity index (χ1) is 9.78. The van der Waals surface area contributed by atoms with E-state index in [9.17, 15) is 5.11 Å². The Balaban J connectivity index is 0.00000121. The molecule has 0 spiro atoms. The van der Waals surface area contributed by atoms with Gasteiger partial charge in [0.1, 0.15) is 0 Å². The summed E-state index contributed by atoms with van der Waals surface area (Å²) < 4.78 is 5.26. The highest BCUT2D eigenvalue weighted by atomic mass is 35.5. The van der Waals surface area contributed by atoms with E-state index in [1.54, 1.807) is 13.2 Å². The average molecular weight is 349 g/mol. The van der Waals surface area contributed by atoms with Crippen LogP contribution in [0.5, 0.6) is 11.5 Å². The molecule has 3 rings (SSSR count). The molecule has 6 heteroatoms. The molecule has 1 aromatic rings. The van der Waals surface area contributed by atoms with E-state index >= 15 is 0 Å². The molecule has 0 unspecified atom stereocenters. The van der Waals surface area contributed by atoms with Crippen LogP contribution in [0.3, 0.4) is 0 Å². The van der Waals surface area contributed by atoms with Crippen LogP contribution in [0.25, 0.3) is 0 Å². The van der Waals surface area contributed by atoms with Crippen LogP contribution in [0.2, 0.25) is 0 Å². The maximum absolute atomic E-state index is 9.77. The number of aromatic hydroxyl groups is 1. The second-order valence-electron chi connectivity index (χ2n) is 5.91. The molecule has 0 bridgehead atoms. The highest BCUT2D eigenvalue weighted by Gasteiger charge is 2.30. The minimum absolute atomic E-state index is 0. The SMILES string of the molecule is COc1cc([C@H](CC2CC2)N2CCNCC2)ccc1O.Cl.Cl. The molecule has 0 radical (unpaired) electrons. The number of methoxy groups -OCH3 is 1. The van der Waals surface area contributed by atoms with Gasteiger partial charge in [0.15, 0.2) is 11.5 Å². The van der Waals surface area contributed by atoms with Crippen LogP contribution in [0.4, 0.5) is 0 Å². The van der Waals surface area contributed by atoms with Crippen LogP contribution in [0.15, 0.2) is 18.2 Å². The van der Waals surface area contributed by atoms with E-state index in [2.05, 4.69) is 10.2 Å². The molecule has 1 heterocycles. The van der Waals surface area contributed by atoms with Gasteiger partial charge in [-0.3, -0.25) is 4.90 Å². The number of nitrogens with one attached hydrogen (secondary N) is 1. The summed E-state index contributed by atoms with van der Waals surface area (Å²) in [6.07, 6.45) is 3.98. The van der Waals surface area contributed by atoms with Gasteiger partial charge in [0, 0.05) is 32.2 Å². The Bertz CT molecular complexity index is 463. The Morgan fingerprint density at radius 1 is 1.27 bits per heavy atom. The van der Waals surface area contributed by atoms with Crippen LogP contribution in [-0.2, 0) is 0 Å². The maximum atomic E-state index is 9.77. The molecule has 2 N–H and O–H groups in total. The number of rotatable bonds is 5. The number of phenolic OH excluding ortho intramolecular Hbond substituents is 1. The van der Waals surface area contributed by atoms with Crippen LogP contribution >= 0.6 is 24.8 Å². The van der Waals surface area contributed by atoms with Crippen LogP contribution in [0.1, 0.15) is 30.9 Å². The number of ether oxygens (including phenoxy) is 1. The molecule has 2 aliphatic rings. The van der Waals surface area contributed by atoms with Gasteiger partial charge < -0.3 is 15.2 Å². The molecule has 1 aromatic carbocycles. The Hall–Kier alpha value is -0.680. The molecule has 1 atom stereocenters. The van der Waals surface area contributed by atoms with E-state index in [0.29, 0.717) is 11.8 Å². The third-order valence-corrected chi connectivity index (χ3v) is 4.43. The minimum Gasteiger partial charge on any atom is -0.504 e. The summed E-state index contributed by atoms with van der Waals surface area (Å²) in [5.41, 5.74) is 1.27. The molecule has 0 amide bonds. The topological polar surface area (TPSA) is 44.7 Å². The normalized spacial score (nSPS) is 19.7. The lowest BCUT2D eigenvalue weighted by Gasteiger charge is -2.35. The van der Waals surface area contributed by atoms with Crippen molar-refractivity contribution in [2.45, 2.75) is 25.3 Å². The Morgan fingerprint density at radius 2 is 1.95 bits per heavy atom. The van der Waals surface area contributed by atoms with Gasteiger partial charge in [0.05, 0.1) is 7.11 Å². The zero-order valence-electron chi connectivity index (χ0n) is 13.0.